The van der Waals surface area contributed by atoms with Gasteiger partial charge in [-0.1, -0.05) is 44.7 Å². The molecule has 0 bridgehead atoms. The van der Waals surface area contributed by atoms with Gasteiger partial charge in [0.05, 0.1) is 21.1 Å². The maximum atomic E-state index is 12.8. The van der Waals surface area contributed by atoms with Crippen LogP contribution < -0.4 is 5.32 Å². The number of hydrogen-bond donors (Lipinski definition) is 1. The molecule has 1 amide bonds. The molecule has 27 heavy (non-hydrogen) atoms. The number of rotatable bonds is 4. The molecule has 0 saturated carbocycles. The first-order valence-electron chi connectivity index (χ1n) is 7.83. The SMILES string of the molecule is CC(C)(C)C(=O)Nc1ccccc1Sc1ccc(C(F)(F)F)cc1[N+](=O)[O-]. The van der Waals surface area contributed by atoms with E-state index in [2.05, 4.69) is 5.32 Å². The molecule has 9 heteroatoms. The van der Waals surface area contributed by atoms with E-state index in [-0.39, 0.29) is 10.8 Å². The molecule has 0 radical (unpaired) electrons. The van der Waals surface area contributed by atoms with Crippen molar-refractivity contribution in [2.75, 3.05) is 5.32 Å². The van der Waals surface area contributed by atoms with Crippen LogP contribution in [0.2, 0.25) is 0 Å². The smallest absolute Gasteiger partial charge is 0.325 e. The van der Waals surface area contributed by atoms with Gasteiger partial charge in [-0.05, 0) is 24.3 Å². The molecule has 1 N–H and O–H groups in total. The number of nitro groups is 1. The molecule has 0 atom stereocenters. The summed E-state index contributed by atoms with van der Waals surface area (Å²) in [6.45, 7) is 5.20. The van der Waals surface area contributed by atoms with Gasteiger partial charge in [0.15, 0.2) is 0 Å². The number of benzene rings is 2. The van der Waals surface area contributed by atoms with E-state index in [9.17, 15) is 28.1 Å². The van der Waals surface area contributed by atoms with Crippen LogP contribution in [0.25, 0.3) is 0 Å². The van der Waals surface area contributed by atoms with Crippen LogP contribution in [0.3, 0.4) is 0 Å². The standard InChI is InChI=1S/C18H17F3N2O3S/c1-17(2,3)16(24)22-12-6-4-5-7-14(12)27-15-9-8-11(18(19,20)21)10-13(15)23(25)26/h4-10H,1-3H3,(H,22,24). The van der Waals surface area contributed by atoms with Gasteiger partial charge in [-0.3, -0.25) is 14.9 Å². The van der Waals surface area contributed by atoms with Gasteiger partial charge in [0.2, 0.25) is 5.91 Å². The van der Waals surface area contributed by atoms with Crippen LogP contribution in [0.5, 0.6) is 0 Å². The molecule has 0 fully saturated rings. The van der Waals surface area contributed by atoms with Crippen LogP contribution in [0, 0.1) is 15.5 Å². The second kappa shape index (κ2) is 7.59. The van der Waals surface area contributed by atoms with Crippen LogP contribution in [-0.2, 0) is 11.0 Å². The molecule has 144 valence electrons. The zero-order chi connectivity index (χ0) is 20.4. The van der Waals surface area contributed by atoms with Crippen LogP contribution in [0.4, 0.5) is 24.5 Å². The summed E-state index contributed by atoms with van der Waals surface area (Å²) in [5.74, 6) is -0.252. The zero-order valence-corrected chi connectivity index (χ0v) is 15.6. The van der Waals surface area contributed by atoms with E-state index in [1.807, 2.05) is 0 Å². The number of amides is 1. The van der Waals surface area contributed by atoms with Gasteiger partial charge in [-0.2, -0.15) is 13.2 Å². The van der Waals surface area contributed by atoms with Crippen molar-refractivity contribution in [2.45, 2.75) is 36.7 Å². The third-order valence-corrected chi connectivity index (χ3v) is 4.66. The van der Waals surface area contributed by atoms with Crippen molar-refractivity contribution >= 4 is 29.0 Å². The fraction of sp³-hybridized carbons (Fsp3) is 0.278. The highest BCUT2D eigenvalue weighted by molar-refractivity contribution is 7.99. The number of carbonyl (C=O) groups is 1. The molecule has 2 aromatic carbocycles. The average molecular weight is 398 g/mol. The average Bonchev–Trinajstić information content (AvgIpc) is 2.54. The fourth-order valence-corrected chi connectivity index (χ4v) is 3.00. The van der Waals surface area contributed by atoms with E-state index < -0.39 is 27.8 Å². The minimum atomic E-state index is -4.67. The van der Waals surface area contributed by atoms with Gasteiger partial charge in [0.1, 0.15) is 0 Å². The molecule has 0 spiro atoms. The minimum absolute atomic E-state index is 0.0467. The Labute approximate surface area is 158 Å². The Morgan fingerprint density at radius 3 is 2.26 bits per heavy atom. The number of nitrogens with zero attached hydrogens (tertiary/aromatic N) is 1. The molecule has 5 nitrogen and oxygen atoms in total. The molecule has 0 aromatic heterocycles. The molecular formula is C18H17F3N2O3S. The summed E-state index contributed by atoms with van der Waals surface area (Å²) in [4.78, 5) is 23.1. The summed E-state index contributed by atoms with van der Waals surface area (Å²) in [5.41, 5.74) is -1.96. The first-order valence-corrected chi connectivity index (χ1v) is 8.65. The molecule has 0 aliphatic carbocycles. The number of alkyl halides is 3. The van der Waals surface area contributed by atoms with Gasteiger partial charge in [0, 0.05) is 16.4 Å². The van der Waals surface area contributed by atoms with Crippen LogP contribution >= 0.6 is 11.8 Å². The minimum Gasteiger partial charge on any atom is -0.325 e. The summed E-state index contributed by atoms with van der Waals surface area (Å²) < 4.78 is 38.5. The molecule has 2 rings (SSSR count). The third kappa shape index (κ3) is 5.22. The molecule has 2 aromatic rings. The summed E-state index contributed by atoms with van der Waals surface area (Å²) in [7, 11) is 0. The molecule has 0 saturated heterocycles. The van der Waals surface area contributed by atoms with E-state index in [1.165, 1.54) is 0 Å². The number of carbonyl (C=O) groups excluding carboxylic acids is 1. The van der Waals surface area contributed by atoms with Gasteiger partial charge in [0.25, 0.3) is 5.69 Å². The largest absolute Gasteiger partial charge is 0.416 e. The topological polar surface area (TPSA) is 72.2 Å². The van der Waals surface area contributed by atoms with Crippen LogP contribution in [0.1, 0.15) is 26.3 Å². The van der Waals surface area contributed by atoms with Crippen molar-refractivity contribution in [1.82, 2.24) is 0 Å². The first kappa shape index (κ1) is 20.8. The molecule has 0 unspecified atom stereocenters. The monoisotopic (exact) mass is 398 g/mol. The lowest BCUT2D eigenvalue weighted by molar-refractivity contribution is -0.388. The summed E-state index contributed by atoms with van der Waals surface area (Å²) >= 11 is 0.917. The molecule has 0 heterocycles. The normalized spacial score (nSPS) is 11.9. The molecule has 0 aliphatic heterocycles. The number of nitro benzene ring substituents is 1. The van der Waals surface area contributed by atoms with Crippen molar-refractivity contribution in [1.29, 1.82) is 0 Å². The van der Waals surface area contributed by atoms with Gasteiger partial charge >= 0.3 is 6.18 Å². The zero-order valence-electron chi connectivity index (χ0n) is 14.8. The third-order valence-electron chi connectivity index (χ3n) is 3.52. The quantitative estimate of drug-likeness (QED) is 0.526. The van der Waals surface area contributed by atoms with Gasteiger partial charge in [-0.15, -0.1) is 0 Å². The first-order chi connectivity index (χ1) is 12.4. The van der Waals surface area contributed by atoms with Gasteiger partial charge < -0.3 is 5.32 Å². The van der Waals surface area contributed by atoms with E-state index in [4.69, 9.17) is 0 Å². The highest BCUT2D eigenvalue weighted by Crippen LogP contribution is 2.41. The molecular weight excluding hydrogens is 381 g/mol. The second-order valence-corrected chi connectivity index (χ2v) is 7.82. The lowest BCUT2D eigenvalue weighted by Crippen LogP contribution is -2.27. The number of para-hydroxylation sites is 1. The van der Waals surface area contributed by atoms with Crippen molar-refractivity contribution in [2.24, 2.45) is 5.41 Å². The Morgan fingerprint density at radius 2 is 1.70 bits per heavy atom. The fourth-order valence-electron chi connectivity index (χ4n) is 2.01. The van der Waals surface area contributed by atoms with Crippen LogP contribution in [-0.4, -0.2) is 10.8 Å². The predicted octanol–water partition coefficient (Wildman–Crippen LogP) is 5.75. The number of hydrogen-bond acceptors (Lipinski definition) is 4. The van der Waals surface area contributed by atoms with Crippen molar-refractivity contribution in [3.8, 4) is 0 Å². The Bertz CT molecular complexity index is 877. The number of anilines is 1. The highest BCUT2D eigenvalue weighted by atomic mass is 32.2. The predicted molar refractivity (Wildman–Crippen MR) is 96.7 cm³/mol. The number of nitrogens with one attached hydrogen (secondary N) is 1. The van der Waals surface area contributed by atoms with Crippen molar-refractivity contribution in [3.05, 3.63) is 58.1 Å². The Morgan fingerprint density at radius 1 is 1.07 bits per heavy atom. The van der Waals surface area contributed by atoms with Gasteiger partial charge in [-0.25, -0.2) is 0 Å². The second-order valence-electron chi connectivity index (χ2n) is 6.74. The lowest BCUT2D eigenvalue weighted by Gasteiger charge is -2.19. The van der Waals surface area contributed by atoms with E-state index in [0.717, 1.165) is 23.9 Å². The number of halogens is 3. The maximum Gasteiger partial charge on any atom is 0.416 e. The Hall–Kier alpha value is -2.55. The Kier molecular flexibility index (Phi) is 5.84. The van der Waals surface area contributed by atoms with Crippen LogP contribution in [0.15, 0.2) is 52.3 Å². The Balaban J connectivity index is 2.40. The summed E-state index contributed by atoms with van der Waals surface area (Å²) in [5, 5.41) is 14.0. The van der Waals surface area contributed by atoms with Crippen molar-refractivity contribution in [3.63, 3.8) is 0 Å². The van der Waals surface area contributed by atoms with E-state index in [0.29, 0.717) is 16.6 Å². The molecule has 0 aliphatic rings. The summed E-state index contributed by atoms with van der Waals surface area (Å²) in [6.07, 6.45) is -4.67. The van der Waals surface area contributed by atoms with E-state index >= 15 is 0 Å². The maximum absolute atomic E-state index is 12.8. The summed E-state index contributed by atoms with van der Waals surface area (Å²) in [6, 6.07) is 8.99. The van der Waals surface area contributed by atoms with Crippen molar-refractivity contribution < 1.29 is 22.9 Å². The van der Waals surface area contributed by atoms with E-state index in [1.54, 1.807) is 45.0 Å². The highest BCUT2D eigenvalue weighted by Gasteiger charge is 2.33. The lowest BCUT2D eigenvalue weighted by atomic mass is 9.95.